The summed E-state index contributed by atoms with van der Waals surface area (Å²) in [6, 6.07) is 5.63. The molecule has 0 aliphatic carbocycles. The number of hydrogen-bond donors (Lipinski definition) is 1. The van der Waals surface area contributed by atoms with Crippen LogP contribution in [0, 0.1) is 5.82 Å². The third-order valence-electron chi connectivity index (χ3n) is 3.28. The maximum absolute atomic E-state index is 13.2. The van der Waals surface area contributed by atoms with Gasteiger partial charge in [-0.1, -0.05) is 13.0 Å². The molecular weight excluding hydrogens is 309 g/mol. The molecule has 2 nitrogen and oxygen atoms in total. The number of methoxy groups -OCH3 is 1. The van der Waals surface area contributed by atoms with E-state index in [1.165, 1.54) is 6.07 Å². The molecule has 1 aromatic carbocycles. The molecule has 2 atom stereocenters. The van der Waals surface area contributed by atoms with E-state index in [1.807, 2.05) is 12.1 Å². The van der Waals surface area contributed by atoms with Crippen LogP contribution in [0.5, 0.6) is 0 Å². The Morgan fingerprint density at radius 1 is 1.37 bits per heavy atom. The molecule has 0 aliphatic heterocycles. The summed E-state index contributed by atoms with van der Waals surface area (Å²) >= 11 is 3.23. The predicted molar refractivity (Wildman–Crippen MR) is 81.0 cm³/mol. The van der Waals surface area contributed by atoms with Gasteiger partial charge in [-0.3, -0.25) is 0 Å². The maximum atomic E-state index is 13.2. The summed E-state index contributed by atoms with van der Waals surface area (Å²) < 4.78 is 19.0. The minimum absolute atomic E-state index is 0.211. The van der Waals surface area contributed by atoms with Crippen molar-refractivity contribution in [1.82, 2.24) is 5.32 Å². The Morgan fingerprint density at radius 3 is 2.68 bits per heavy atom. The molecule has 0 heterocycles. The Morgan fingerprint density at radius 2 is 2.11 bits per heavy atom. The molecule has 0 saturated heterocycles. The molecule has 0 bridgehead atoms. The van der Waals surface area contributed by atoms with Gasteiger partial charge in [0.2, 0.25) is 0 Å². The molecule has 108 valence electrons. The van der Waals surface area contributed by atoms with Gasteiger partial charge in [0.1, 0.15) is 5.82 Å². The molecule has 1 rings (SSSR count). The van der Waals surface area contributed by atoms with Gasteiger partial charge >= 0.3 is 0 Å². The zero-order valence-corrected chi connectivity index (χ0v) is 13.5. The molecule has 19 heavy (non-hydrogen) atoms. The molecule has 0 aliphatic rings. The normalized spacial score (nSPS) is 14.4. The van der Waals surface area contributed by atoms with Crippen LogP contribution in [0.15, 0.2) is 22.7 Å². The van der Waals surface area contributed by atoms with Crippen LogP contribution in [0.4, 0.5) is 4.39 Å². The van der Waals surface area contributed by atoms with Crippen molar-refractivity contribution in [1.29, 1.82) is 0 Å². The van der Waals surface area contributed by atoms with E-state index in [2.05, 4.69) is 35.1 Å². The highest BCUT2D eigenvalue weighted by Gasteiger charge is 2.11. The van der Waals surface area contributed by atoms with Gasteiger partial charge in [-0.15, -0.1) is 0 Å². The number of hydrogen-bond acceptors (Lipinski definition) is 2. The van der Waals surface area contributed by atoms with Crippen molar-refractivity contribution in [3.05, 3.63) is 34.1 Å². The van der Waals surface area contributed by atoms with E-state index in [0.717, 1.165) is 31.4 Å². The Labute approximate surface area is 123 Å². The Bertz CT molecular complexity index is 386. The number of benzene rings is 1. The molecule has 0 fully saturated rings. The van der Waals surface area contributed by atoms with Crippen LogP contribution < -0.4 is 5.32 Å². The average Bonchev–Trinajstić information content (AvgIpc) is 2.40. The summed E-state index contributed by atoms with van der Waals surface area (Å²) in [7, 11) is 1.74. The SMILES string of the molecule is CCNC(CCC(C)OC)Cc1ccc(F)c(Br)c1. The topological polar surface area (TPSA) is 21.3 Å². The van der Waals surface area contributed by atoms with E-state index in [4.69, 9.17) is 4.74 Å². The monoisotopic (exact) mass is 331 g/mol. The van der Waals surface area contributed by atoms with Crippen LogP contribution in [0.3, 0.4) is 0 Å². The summed E-state index contributed by atoms with van der Waals surface area (Å²) in [4.78, 5) is 0. The lowest BCUT2D eigenvalue weighted by Crippen LogP contribution is -2.32. The highest BCUT2D eigenvalue weighted by Crippen LogP contribution is 2.19. The molecule has 1 N–H and O–H groups in total. The lowest BCUT2D eigenvalue weighted by atomic mass is 10.0. The van der Waals surface area contributed by atoms with Crippen molar-refractivity contribution in [2.45, 2.75) is 45.3 Å². The standard InChI is InChI=1S/C15H23BrFNO/c1-4-18-13(7-5-11(2)19-3)9-12-6-8-15(17)14(16)10-12/h6,8,10-11,13,18H,4-5,7,9H2,1-3H3. The zero-order chi connectivity index (χ0) is 14.3. The van der Waals surface area contributed by atoms with Gasteiger partial charge in [-0.25, -0.2) is 4.39 Å². The van der Waals surface area contributed by atoms with Crippen LogP contribution in [0.2, 0.25) is 0 Å². The van der Waals surface area contributed by atoms with Crippen LogP contribution in [0.1, 0.15) is 32.3 Å². The first-order valence-electron chi connectivity index (χ1n) is 6.76. The van der Waals surface area contributed by atoms with Gasteiger partial charge in [0.15, 0.2) is 0 Å². The maximum Gasteiger partial charge on any atom is 0.137 e. The Balaban J connectivity index is 2.58. The molecule has 0 saturated carbocycles. The molecule has 0 radical (unpaired) electrons. The first-order valence-corrected chi connectivity index (χ1v) is 7.56. The first kappa shape index (κ1) is 16.6. The molecule has 1 aromatic rings. The van der Waals surface area contributed by atoms with Gasteiger partial charge < -0.3 is 10.1 Å². The smallest absolute Gasteiger partial charge is 0.137 e. The van der Waals surface area contributed by atoms with E-state index < -0.39 is 0 Å². The second-order valence-corrected chi connectivity index (χ2v) is 5.69. The highest BCUT2D eigenvalue weighted by molar-refractivity contribution is 9.10. The van der Waals surface area contributed by atoms with Crippen molar-refractivity contribution in [2.24, 2.45) is 0 Å². The highest BCUT2D eigenvalue weighted by atomic mass is 79.9. The minimum Gasteiger partial charge on any atom is -0.382 e. The largest absolute Gasteiger partial charge is 0.382 e. The fraction of sp³-hybridized carbons (Fsp3) is 0.600. The van der Waals surface area contributed by atoms with Crippen molar-refractivity contribution in [3.63, 3.8) is 0 Å². The van der Waals surface area contributed by atoms with Crippen molar-refractivity contribution < 1.29 is 9.13 Å². The minimum atomic E-state index is -0.211. The number of nitrogens with one attached hydrogen (secondary N) is 1. The van der Waals surface area contributed by atoms with Gasteiger partial charge in [0, 0.05) is 13.2 Å². The fourth-order valence-electron chi connectivity index (χ4n) is 2.07. The summed E-state index contributed by atoms with van der Waals surface area (Å²) in [6.07, 6.45) is 3.26. The van der Waals surface area contributed by atoms with Crippen molar-refractivity contribution in [3.8, 4) is 0 Å². The fourth-order valence-corrected chi connectivity index (χ4v) is 2.50. The van der Waals surface area contributed by atoms with Crippen LogP contribution in [-0.4, -0.2) is 25.8 Å². The quantitative estimate of drug-likeness (QED) is 0.779. The molecule has 0 amide bonds. The van der Waals surface area contributed by atoms with Crippen molar-refractivity contribution >= 4 is 15.9 Å². The van der Waals surface area contributed by atoms with E-state index in [9.17, 15) is 4.39 Å². The van der Waals surface area contributed by atoms with Crippen LogP contribution in [-0.2, 0) is 11.2 Å². The van der Waals surface area contributed by atoms with E-state index >= 15 is 0 Å². The third-order valence-corrected chi connectivity index (χ3v) is 3.89. The summed E-state index contributed by atoms with van der Waals surface area (Å²) in [5, 5.41) is 3.48. The number of halogens is 2. The van der Waals surface area contributed by atoms with E-state index in [-0.39, 0.29) is 11.9 Å². The summed E-state index contributed by atoms with van der Waals surface area (Å²) in [5.41, 5.74) is 1.14. The van der Waals surface area contributed by atoms with Gasteiger partial charge in [-0.05, 0) is 66.4 Å². The summed E-state index contributed by atoms with van der Waals surface area (Å²) in [5.74, 6) is -0.211. The summed E-state index contributed by atoms with van der Waals surface area (Å²) in [6.45, 7) is 5.12. The second kappa shape index (κ2) is 8.67. The lowest BCUT2D eigenvalue weighted by molar-refractivity contribution is 0.106. The number of likely N-dealkylation sites (N-methyl/N-ethyl adjacent to an activating group) is 1. The van der Waals surface area contributed by atoms with Crippen molar-refractivity contribution in [2.75, 3.05) is 13.7 Å². The van der Waals surface area contributed by atoms with Gasteiger partial charge in [0.25, 0.3) is 0 Å². The Hall–Kier alpha value is -0.450. The third kappa shape index (κ3) is 6.02. The molecular formula is C15H23BrFNO. The second-order valence-electron chi connectivity index (χ2n) is 4.83. The zero-order valence-electron chi connectivity index (χ0n) is 11.9. The van der Waals surface area contributed by atoms with E-state index in [0.29, 0.717) is 10.5 Å². The molecule has 2 unspecified atom stereocenters. The molecule has 0 aromatic heterocycles. The first-order chi connectivity index (χ1) is 9.06. The molecule has 0 spiro atoms. The number of ether oxygens (including phenoxy) is 1. The molecule has 4 heteroatoms. The van der Waals surface area contributed by atoms with Crippen LogP contribution >= 0.6 is 15.9 Å². The number of rotatable bonds is 8. The van der Waals surface area contributed by atoms with Gasteiger partial charge in [0.05, 0.1) is 10.6 Å². The van der Waals surface area contributed by atoms with Crippen LogP contribution in [0.25, 0.3) is 0 Å². The van der Waals surface area contributed by atoms with Gasteiger partial charge in [-0.2, -0.15) is 0 Å². The predicted octanol–water partition coefficient (Wildman–Crippen LogP) is 3.92. The Kier molecular flexibility index (Phi) is 7.57. The average molecular weight is 332 g/mol. The lowest BCUT2D eigenvalue weighted by Gasteiger charge is -2.20. The van der Waals surface area contributed by atoms with E-state index in [1.54, 1.807) is 7.11 Å².